The van der Waals surface area contributed by atoms with Crippen molar-refractivity contribution >= 4 is 23.2 Å². The Bertz CT molecular complexity index is 987. The van der Waals surface area contributed by atoms with E-state index in [0.717, 1.165) is 12.1 Å². The average molecular weight is 387 g/mol. The number of alkyl halides is 3. The highest BCUT2D eigenvalue weighted by atomic mass is 19.4. The smallest absolute Gasteiger partial charge is 0.416 e. The van der Waals surface area contributed by atoms with Gasteiger partial charge in [-0.1, -0.05) is 18.1 Å². The summed E-state index contributed by atoms with van der Waals surface area (Å²) < 4.78 is 49.6. The van der Waals surface area contributed by atoms with E-state index in [-0.39, 0.29) is 17.9 Å². The first-order valence-corrected chi connectivity index (χ1v) is 8.41. The van der Waals surface area contributed by atoms with Crippen LogP contribution in [0.5, 0.6) is 11.5 Å². The Morgan fingerprint density at radius 2 is 1.93 bits per heavy atom. The molecule has 0 saturated carbocycles. The number of hydrogen-bond acceptors (Lipinski definition) is 3. The van der Waals surface area contributed by atoms with Gasteiger partial charge in [-0.15, -0.1) is 6.42 Å². The fraction of sp³-hybridized carbons (Fsp3) is 0.190. The van der Waals surface area contributed by atoms with E-state index in [4.69, 9.17) is 15.9 Å². The van der Waals surface area contributed by atoms with Crippen molar-refractivity contribution in [1.29, 1.82) is 0 Å². The molecule has 0 unspecified atom stereocenters. The van der Waals surface area contributed by atoms with Gasteiger partial charge in [-0.2, -0.15) is 13.2 Å². The van der Waals surface area contributed by atoms with Crippen LogP contribution < -0.4 is 14.8 Å². The first-order valence-electron chi connectivity index (χ1n) is 8.41. The van der Waals surface area contributed by atoms with E-state index in [1.54, 1.807) is 24.3 Å². The molecule has 1 heterocycles. The topological polar surface area (TPSA) is 47.6 Å². The lowest BCUT2D eigenvalue weighted by molar-refractivity contribution is -0.137. The molecule has 2 aromatic carbocycles. The highest BCUT2D eigenvalue weighted by Crippen LogP contribution is 2.39. The van der Waals surface area contributed by atoms with E-state index in [1.807, 2.05) is 6.92 Å². The zero-order valence-electron chi connectivity index (χ0n) is 14.9. The zero-order chi connectivity index (χ0) is 20.3. The number of ether oxygens (including phenoxy) is 2. The molecule has 1 aliphatic heterocycles. The molecule has 28 heavy (non-hydrogen) atoms. The van der Waals surface area contributed by atoms with Crippen LogP contribution in [0.1, 0.15) is 23.6 Å². The Balaban J connectivity index is 1.97. The van der Waals surface area contributed by atoms with Crippen molar-refractivity contribution in [3.63, 3.8) is 0 Å². The van der Waals surface area contributed by atoms with Crippen molar-refractivity contribution in [3.05, 3.63) is 53.1 Å². The molecule has 0 atom stereocenters. The summed E-state index contributed by atoms with van der Waals surface area (Å²) in [5.74, 6) is 2.82. The minimum atomic E-state index is -4.48. The van der Waals surface area contributed by atoms with E-state index in [0.29, 0.717) is 29.2 Å². The van der Waals surface area contributed by atoms with Gasteiger partial charge >= 0.3 is 6.18 Å². The first-order chi connectivity index (χ1) is 13.3. The lowest BCUT2D eigenvalue weighted by Crippen LogP contribution is -2.06. The summed E-state index contributed by atoms with van der Waals surface area (Å²) in [7, 11) is 0. The Hall–Kier alpha value is -3.40. The number of carbonyl (C=O) groups excluding carboxylic acids is 1. The van der Waals surface area contributed by atoms with Gasteiger partial charge in [-0.3, -0.25) is 4.79 Å². The quantitative estimate of drug-likeness (QED) is 0.602. The molecular weight excluding hydrogens is 371 g/mol. The van der Waals surface area contributed by atoms with Gasteiger partial charge in [0, 0.05) is 16.8 Å². The van der Waals surface area contributed by atoms with Gasteiger partial charge in [-0.05, 0) is 42.8 Å². The largest absolute Gasteiger partial charge is 0.490 e. The highest BCUT2D eigenvalue weighted by Gasteiger charge is 2.33. The lowest BCUT2D eigenvalue weighted by atomic mass is 10.0. The molecule has 1 aliphatic rings. The number of fused-ring (bicyclic) bond motifs is 1. The van der Waals surface area contributed by atoms with E-state index in [9.17, 15) is 18.0 Å². The number of nitrogens with one attached hydrogen (secondary N) is 1. The molecule has 0 aliphatic carbocycles. The lowest BCUT2D eigenvalue weighted by Gasteiger charge is -2.11. The third-order valence-corrected chi connectivity index (χ3v) is 4.02. The number of halogens is 3. The third-order valence-electron chi connectivity index (χ3n) is 4.02. The molecule has 3 rings (SSSR count). The van der Waals surface area contributed by atoms with Crippen LogP contribution in [0.15, 0.2) is 36.4 Å². The number of rotatable bonds is 5. The normalized spacial score (nSPS) is 14.4. The second kappa shape index (κ2) is 7.69. The summed E-state index contributed by atoms with van der Waals surface area (Å²) in [6.45, 7) is 2.29. The van der Waals surface area contributed by atoms with E-state index in [2.05, 4.69) is 11.2 Å². The van der Waals surface area contributed by atoms with Gasteiger partial charge in [0.2, 0.25) is 0 Å². The Labute approximate surface area is 160 Å². The predicted molar refractivity (Wildman–Crippen MR) is 99.9 cm³/mol. The van der Waals surface area contributed by atoms with Gasteiger partial charge in [0.1, 0.15) is 6.61 Å². The maximum absolute atomic E-state index is 12.9. The molecule has 1 amide bonds. The summed E-state index contributed by atoms with van der Waals surface area (Å²) >= 11 is 0. The molecule has 4 nitrogen and oxygen atoms in total. The molecular formula is C21H16F3NO3. The number of carbonyl (C=O) groups is 1. The van der Waals surface area contributed by atoms with Gasteiger partial charge in [0.15, 0.2) is 11.5 Å². The van der Waals surface area contributed by atoms with Crippen LogP contribution in [0.25, 0.3) is 11.6 Å². The molecule has 144 valence electrons. The summed E-state index contributed by atoms with van der Waals surface area (Å²) in [4.78, 5) is 12.3. The van der Waals surface area contributed by atoms with Crippen molar-refractivity contribution < 1.29 is 27.4 Å². The van der Waals surface area contributed by atoms with Crippen LogP contribution in [0.3, 0.4) is 0 Å². The fourth-order valence-electron chi connectivity index (χ4n) is 2.80. The molecule has 0 spiro atoms. The highest BCUT2D eigenvalue weighted by molar-refractivity contribution is 6.34. The van der Waals surface area contributed by atoms with Crippen molar-refractivity contribution in [3.8, 4) is 23.8 Å². The second-order valence-corrected chi connectivity index (χ2v) is 5.90. The van der Waals surface area contributed by atoms with Crippen LogP contribution >= 0.6 is 0 Å². The van der Waals surface area contributed by atoms with E-state index in [1.165, 1.54) is 6.07 Å². The number of hydrogen-bond donors (Lipinski definition) is 1. The monoisotopic (exact) mass is 387 g/mol. The second-order valence-electron chi connectivity index (χ2n) is 5.90. The van der Waals surface area contributed by atoms with Crippen LogP contribution in [0, 0.1) is 12.3 Å². The van der Waals surface area contributed by atoms with Crippen molar-refractivity contribution in [2.45, 2.75) is 13.1 Å². The summed E-state index contributed by atoms with van der Waals surface area (Å²) in [6.07, 6.45) is 2.30. The summed E-state index contributed by atoms with van der Waals surface area (Å²) in [5.41, 5.74) is 0.619. The summed E-state index contributed by atoms with van der Waals surface area (Å²) in [5, 5.41) is 2.47. The van der Waals surface area contributed by atoms with Crippen molar-refractivity contribution in [2.75, 3.05) is 18.5 Å². The number of benzene rings is 2. The van der Waals surface area contributed by atoms with Crippen molar-refractivity contribution in [1.82, 2.24) is 0 Å². The average Bonchev–Trinajstić information content (AvgIpc) is 2.95. The molecule has 2 aromatic rings. The molecule has 0 bridgehead atoms. The van der Waals surface area contributed by atoms with Crippen LogP contribution in [-0.2, 0) is 11.0 Å². The molecule has 1 N–H and O–H groups in total. The number of terminal acetylenes is 1. The summed E-state index contributed by atoms with van der Waals surface area (Å²) in [6, 6.07) is 8.21. The van der Waals surface area contributed by atoms with Gasteiger partial charge in [0.05, 0.1) is 12.2 Å². The zero-order valence-corrected chi connectivity index (χ0v) is 14.9. The van der Waals surface area contributed by atoms with E-state index < -0.39 is 17.6 Å². The minimum Gasteiger partial charge on any atom is -0.490 e. The van der Waals surface area contributed by atoms with E-state index >= 15 is 0 Å². The first kappa shape index (κ1) is 19.4. The standard InChI is InChI=1S/C21H16F3NO3/c1-3-9-28-18-8-5-13(11-19(18)27-4-2)10-16-15-7-6-14(21(22,23)24)12-17(15)25-20(16)26/h1,5-8,10-12H,4,9H2,2H3,(H,25,26)/b16-10-. The van der Waals surface area contributed by atoms with Crippen molar-refractivity contribution in [2.24, 2.45) is 0 Å². The fourth-order valence-corrected chi connectivity index (χ4v) is 2.80. The maximum atomic E-state index is 12.9. The Morgan fingerprint density at radius 3 is 2.61 bits per heavy atom. The predicted octanol–water partition coefficient (Wildman–Crippen LogP) is 4.61. The minimum absolute atomic E-state index is 0.0812. The SMILES string of the molecule is C#CCOc1ccc(/C=C2\C(=O)Nc3cc(C(F)(F)F)ccc32)cc1OCC. The molecule has 0 aromatic heterocycles. The van der Waals surface area contributed by atoms with Crippen LogP contribution in [0.2, 0.25) is 0 Å². The molecule has 7 heteroatoms. The molecule has 0 saturated heterocycles. The third kappa shape index (κ3) is 3.96. The Morgan fingerprint density at radius 1 is 1.14 bits per heavy atom. The molecule has 0 fully saturated rings. The Kier molecular flexibility index (Phi) is 5.32. The number of amides is 1. The number of anilines is 1. The molecule has 0 radical (unpaired) electrons. The van der Waals surface area contributed by atoms with Gasteiger partial charge in [0.25, 0.3) is 5.91 Å². The maximum Gasteiger partial charge on any atom is 0.416 e. The van der Waals surface area contributed by atoms with Crippen LogP contribution in [-0.4, -0.2) is 19.1 Å². The van der Waals surface area contributed by atoms with Crippen LogP contribution in [0.4, 0.5) is 18.9 Å². The van der Waals surface area contributed by atoms with Gasteiger partial charge < -0.3 is 14.8 Å². The van der Waals surface area contributed by atoms with Gasteiger partial charge in [-0.25, -0.2) is 0 Å².